The summed E-state index contributed by atoms with van der Waals surface area (Å²) in [4.78, 5) is 15.7. The van der Waals surface area contributed by atoms with Crippen molar-refractivity contribution in [3.8, 4) is 0 Å². The van der Waals surface area contributed by atoms with Crippen molar-refractivity contribution < 1.29 is 18.3 Å². The van der Waals surface area contributed by atoms with Gasteiger partial charge in [0.1, 0.15) is 6.04 Å². The smallest absolute Gasteiger partial charge is 0.322 e. The Bertz CT molecular complexity index is 815. The highest BCUT2D eigenvalue weighted by Crippen LogP contribution is 2.30. The summed E-state index contributed by atoms with van der Waals surface area (Å²) >= 11 is 3.02. The molecule has 1 aromatic heterocycles. The van der Waals surface area contributed by atoms with Crippen LogP contribution in [0, 0.1) is 5.92 Å². The molecule has 0 unspecified atom stereocenters. The van der Waals surface area contributed by atoms with Crippen LogP contribution in [0.5, 0.6) is 0 Å². The molecule has 0 amide bonds. The topological polar surface area (TPSA) is 96.4 Å². The second-order valence-corrected chi connectivity index (χ2v) is 9.48. The zero-order chi connectivity index (χ0) is 17.2. The zero-order valence-electron chi connectivity index (χ0n) is 12.9. The normalized spacial score (nSPS) is 13.6. The van der Waals surface area contributed by atoms with E-state index in [4.69, 9.17) is 5.11 Å². The number of rotatable bonds is 7. The number of aliphatic carboxylic acids is 1. The van der Waals surface area contributed by atoms with Gasteiger partial charge in [-0.2, -0.15) is 4.72 Å². The maximum atomic E-state index is 12.4. The zero-order valence-corrected chi connectivity index (χ0v) is 15.4. The lowest BCUT2D eigenvalue weighted by atomic mass is 10.1. The van der Waals surface area contributed by atoms with Crippen molar-refractivity contribution in [2.75, 3.05) is 5.75 Å². The van der Waals surface area contributed by atoms with E-state index in [1.165, 1.54) is 23.5 Å². The number of thiazole rings is 1. The van der Waals surface area contributed by atoms with Gasteiger partial charge in [0.25, 0.3) is 0 Å². The van der Waals surface area contributed by atoms with E-state index in [0.717, 1.165) is 20.3 Å². The Hall–Kier alpha value is -1.16. The van der Waals surface area contributed by atoms with Gasteiger partial charge < -0.3 is 5.11 Å². The van der Waals surface area contributed by atoms with E-state index in [1.54, 1.807) is 31.7 Å². The summed E-state index contributed by atoms with van der Waals surface area (Å²) in [6, 6.07) is 3.46. The minimum absolute atomic E-state index is 0.0496. The molecule has 0 bridgehead atoms. The molecule has 0 saturated heterocycles. The van der Waals surface area contributed by atoms with Crippen molar-refractivity contribution in [2.24, 2.45) is 5.92 Å². The number of hydrogen-bond donors (Lipinski definition) is 2. The van der Waals surface area contributed by atoms with Gasteiger partial charge in [-0.05, 0) is 29.9 Å². The molecule has 23 heavy (non-hydrogen) atoms. The molecule has 0 aliphatic carbocycles. The van der Waals surface area contributed by atoms with Crippen LogP contribution in [0.25, 0.3) is 10.2 Å². The summed E-state index contributed by atoms with van der Waals surface area (Å²) in [5.74, 6) is -0.660. The van der Waals surface area contributed by atoms with Gasteiger partial charge in [-0.1, -0.05) is 32.5 Å². The lowest BCUT2D eigenvalue weighted by Crippen LogP contribution is -2.44. The number of nitrogens with zero attached hydrogens (tertiary/aromatic N) is 1. The Kier molecular flexibility index (Phi) is 5.66. The largest absolute Gasteiger partial charge is 0.480 e. The van der Waals surface area contributed by atoms with Crippen molar-refractivity contribution in [1.82, 2.24) is 9.71 Å². The Morgan fingerprint density at radius 2 is 2.13 bits per heavy atom. The summed E-state index contributed by atoms with van der Waals surface area (Å²) < 4.78 is 28.8. The van der Waals surface area contributed by atoms with Crippen LogP contribution >= 0.6 is 23.1 Å². The molecule has 9 heteroatoms. The number of hydrogen-bond acceptors (Lipinski definition) is 6. The van der Waals surface area contributed by atoms with Crippen molar-refractivity contribution in [3.63, 3.8) is 0 Å². The van der Waals surface area contributed by atoms with Crippen LogP contribution in [0.3, 0.4) is 0 Å². The van der Waals surface area contributed by atoms with Crippen LogP contribution in [0.1, 0.15) is 20.8 Å². The van der Waals surface area contributed by atoms with Gasteiger partial charge in [0.05, 0.1) is 15.1 Å². The lowest BCUT2D eigenvalue weighted by molar-refractivity contribution is -0.140. The molecule has 2 rings (SSSR count). The van der Waals surface area contributed by atoms with Crippen molar-refractivity contribution in [2.45, 2.75) is 36.0 Å². The van der Waals surface area contributed by atoms with Crippen LogP contribution in [0.2, 0.25) is 0 Å². The Morgan fingerprint density at radius 3 is 2.70 bits per heavy atom. The molecule has 0 radical (unpaired) electrons. The Morgan fingerprint density at radius 1 is 1.43 bits per heavy atom. The Labute approximate surface area is 143 Å². The summed E-state index contributed by atoms with van der Waals surface area (Å²) in [6.45, 7) is 5.33. The lowest BCUT2D eigenvalue weighted by Gasteiger charge is -2.17. The van der Waals surface area contributed by atoms with Gasteiger partial charge in [-0.3, -0.25) is 4.79 Å². The molecule has 0 aliphatic rings. The van der Waals surface area contributed by atoms with Crippen molar-refractivity contribution >= 4 is 49.3 Å². The van der Waals surface area contributed by atoms with E-state index >= 15 is 0 Å². The first-order valence-corrected chi connectivity index (χ1v) is 10.3. The van der Waals surface area contributed by atoms with Gasteiger partial charge >= 0.3 is 5.97 Å². The molecule has 126 valence electrons. The molecule has 1 heterocycles. The fourth-order valence-electron chi connectivity index (χ4n) is 1.94. The summed E-state index contributed by atoms with van der Waals surface area (Å²) in [6.07, 6.45) is 0. The van der Waals surface area contributed by atoms with Gasteiger partial charge in [0.2, 0.25) is 10.0 Å². The molecule has 6 nitrogen and oxygen atoms in total. The van der Waals surface area contributed by atoms with Crippen LogP contribution in [-0.2, 0) is 14.8 Å². The second-order valence-electron chi connectivity index (χ2n) is 5.22. The summed E-state index contributed by atoms with van der Waals surface area (Å²) in [7, 11) is -3.90. The number of benzene rings is 1. The first-order chi connectivity index (χ1) is 10.7. The number of aromatic nitrogens is 1. The average Bonchev–Trinajstić information content (AvgIpc) is 2.86. The van der Waals surface area contributed by atoms with E-state index in [9.17, 15) is 13.2 Å². The molecule has 2 aromatic rings. The van der Waals surface area contributed by atoms with Crippen LogP contribution in [0.15, 0.2) is 27.4 Å². The van der Waals surface area contributed by atoms with Gasteiger partial charge in [0.15, 0.2) is 4.34 Å². The fourth-order valence-corrected chi connectivity index (χ4v) is 5.39. The molecule has 0 spiro atoms. The highest BCUT2D eigenvalue weighted by molar-refractivity contribution is 8.01. The van der Waals surface area contributed by atoms with Crippen LogP contribution in [-0.4, -0.2) is 36.3 Å². The number of sulfonamides is 1. The molecule has 0 saturated carbocycles. The van der Waals surface area contributed by atoms with Gasteiger partial charge in [-0.15, -0.1) is 11.3 Å². The van der Waals surface area contributed by atoms with Gasteiger partial charge in [-0.25, -0.2) is 13.4 Å². The minimum atomic E-state index is -3.90. The van der Waals surface area contributed by atoms with E-state index in [0.29, 0.717) is 0 Å². The monoisotopic (exact) mass is 374 g/mol. The first kappa shape index (κ1) is 18.2. The highest BCUT2D eigenvalue weighted by atomic mass is 32.2. The maximum absolute atomic E-state index is 12.4. The third-order valence-corrected chi connectivity index (χ3v) is 6.62. The van der Waals surface area contributed by atoms with Crippen LogP contribution in [0.4, 0.5) is 0 Å². The number of nitrogens with one attached hydrogen (secondary N) is 1. The minimum Gasteiger partial charge on any atom is -0.480 e. The number of fused-ring (bicyclic) bond motifs is 1. The SMILES string of the molecule is CCSc1nc2ccc(S(=O)(=O)N[C@@H](C(=O)O)C(C)C)cc2s1. The molecule has 2 N–H and O–H groups in total. The van der Waals surface area contributed by atoms with Crippen molar-refractivity contribution in [3.05, 3.63) is 18.2 Å². The number of carboxylic acids is 1. The third kappa shape index (κ3) is 4.23. The van der Waals surface area contributed by atoms with E-state index < -0.39 is 22.0 Å². The second kappa shape index (κ2) is 7.16. The average molecular weight is 375 g/mol. The molecular formula is C14H18N2O4S3. The first-order valence-electron chi connectivity index (χ1n) is 7.03. The van der Waals surface area contributed by atoms with E-state index in [2.05, 4.69) is 9.71 Å². The predicted molar refractivity (Wildman–Crippen MR) is 92.6 cm³/mol. The molecule has 1 atom stereocenters. The highest BCUT2D eigenvalue weighted by Gasteiger charge is 2.28. The van der Waals surface area contributed by atoms with E-state index in [1.807, 2.05) is 6.92 Å². The molecule has 0 fully saturated rings. The Balaban J connectivity index is 2.35. The summed E-state index contributed by atoms with van der Waals surface area (Å²) in [5, 5.41) is 9.15. The van der Waals surface area contributed by atoms with Crippen LogP contribution < -0.4 is 4.72 Å². The van der Waals surface area contributed by atoms with Crippen molar-refractivity contribution in [1.29, 1.82) is 0 Å². The molecular weight excluding hydrogens is 356 g/mol. The van der Waals surface area contributed by atoms with Gasteiger partial charge in [0, 0.05) is 0 Å². The molecule has 1 aromatic carbocycles. The standard InChI is InChI=1S/C14H18N2O4S3/c1-4-21-14-15-10-6-5-9(7-11(10)22-14)23(19,20)16-12(8(2)3)13(17)18/h5-8,12,16H,4H2,1-3H3,(H,17,18)/t12-/m1/s1. The summed E-state index contributed by atoms with van der Waals surface area (Å²) in [5.41, 5.74) is 0.739. The maximum Gasteiger partial charge on any atom is 0.322 e. The molecule has 0 aliphatic heterocycles. The fraction of sp³-hybridized carbons (Fsp3) is 0.429. The van der Waals surface area contributed by atoms with E-state index in [-0.39, 0.29) is 10.8 Å². The third-order valence-electron chi connectivity index (χ3n) is 3.13. The number of carboxylic acid groups (broad SMARTS) is 1. The number of carbonyl (C=O) groups is 1. The number of thioether (sulfide) groups is 1. The predicted octanol–water partition coefficient (Wildman–Crippen LogP) is 2.80. The quantitative estimate of drug-likeness (QED) is 0.724.